The molecule has 0 unspecified atom stereocenters. The molecule has 1 rings (SSSR count). The molecule has 0 spiro atoms. The van der Waals surface area contributed by atoms with E-state index < -0.39 is 0 Å². The zero-order valence-corrected chi connectivity index (χ0v) is 9.13. The molecule has 0 saturated heterocycles. The number of rotatable bonds is 3. The van der Waals surface area contributed by atoms with Crippen LogP contribution in [-0.2, 0) is 18.4 Å². The molecule has 0 aliphatic carbocycles. The molecule has 3 nitrogen and oxygen atoms in total. The molecule has 0 aromatic carbocycles. The van der Waals surface area contributed by atoms with Crippen molar-refractivity contribution < 1.29 is 4.74 Å². The number of nitrogens with zero attached hydrogens (tertiary/aromatic N) is 2. The molecule has 0 saturated carbocycles. The minimum absolute atomic E-state index is 0.250. The van der Waals surface area contributed by atoms with Gasteiger partial charge in [0.1, 0.15) is 17.0 Å². The van der Waals surface area contributed by atoms with Crippen LogP contribution in [0.4, 0.5) is 0 Å². The number of hydrogen-bond donors (Lipinski definition) is 0. The van der Waals surface area contributed by atoms with Crippen LogP contribution in [-0.4, -0.2) is 15.7 Å². The van der Waals surface area contributed by atoms with Gasteiger partial charge in [-0.05, 0) is 29.8 Å². The van der Waals surface area contributed by atoms with Crippen molar-refractivity contribution >= 4 is 15.9 Å². The standard InChI is InChI=1S/C8H13BrN2O/c1-6(2)12-5-8-10-7(9)4-11(8)3/h4,6H,5H2,1-3H3. The Balaban J connectivity index is 2.57. The normalized spacial score (nSPS) is 11.1. The van der Waals surface area contributed by atoms with Gasteiger partial charge in [-0.3, -0.25) is 0 Å². The second-order valence-corrected chi connectivity index (χ2v) is 3.76. The fraction of sp³-hybridized carbons (Fsp3) is 0.625. The average molecular weight is 233 g/mol. The molecular formula is C8H13BrN2O. The molecule has 12 heavy (non-hydrogen) atoms. The lowest BCUT2D eigenvalue weighted by molar-refractivity contribution is 0.0599. The Morgan fingerprint density at radius 1 is 1.67 bits per heavy atom. The molecular weight excluding hydrogens is 220 g/mol. The number of aromatic nitrogens is 2. The van der Waals surface area contributed by atoms with Crippen molar-refractivity contribution in [3.63, 3.8) is 0 Å². The molecule has 1 aromatic heterocycles. The number of hydrogen-bond acceptors (Lipinski definition) is 2. The van der Waals surface area contributed by atoms with Crippen LogP contribution in [0.1, 0.15) is 19.7 Å². The lowest BCUT2D eigenvalue weighted by atomic mass is 10.5. The minimum Gasteiger partial charge on any atom is -0.371 e. The third kappa shape index (κ3) is 2.60. The van der Waals surface area contributed by atoms with E-state index in [1.807, 2.05) is 31.7 Å². The monoisotopic (exact) mass is 232 g/mol. The third-order valence-corrected chi connectivity index (χ3v) is 1.87. The van der Waals surface area contributed by atoms with Gasteiger partial charge in [-0.2, -0.15) is 0 Å². The maximum Gasteiger partial charge on any atom is 0.135 e. The number of halogens is 1. The molecule has 1 heterocycles. The highest BCUT2D eigenvalue weighted by Crippen LogP contribution is 2.09. The summed E-state index contributed by atoms with van der Waals surface area (Å²) in [5.41, 5.74) is 0. The quantitative estimate of drug-likeness (QED) is 0.799. The van der Waals surface area contributed by atoms with Crippen molar-refractivity contribution in [3.05, 3.63) is 16.6 Å². The van der Waals surface area contributed by atoms with Crippen molar-refractivity contribution in [2.45, 2.75) is 26.6 Å². The molecule has 0 amide bonds. The van der Waals surface area contributed by atoms with Crippen LogP contribution in [0.2, 0.25) is 0 Å². The SMILES string of the molecule is CC(C)OCc1nc(Br)cn1C. The van der Waals surface area contributed by atoms with Crippen molar-refractivity contribution in [3.8, 4) is 0 Å². The van der Waals surface area contributed by atoms with E-state index in [1.54, 1.807) is 0 Å². The summed E-state index contributed by atoms with van der Waals surface area (Å²) < 4.78 is 8.22. The average Bonchev–Trinajstić information content (AvgIpc) is 2.26. The zero-order chi connectivity index (χ0) is 9.14. The van der Waals surface area contributed by atoms with Crippen LogP contribution in [0.5, 0.6) is 0 Å². The van der Waals surface area contributed by atoms with Crippen LogP contribution in [0, 0.1) is 0 Å². The van der Waals surface area contributed by atoms with Crippen LogP contribution >= 0.6 is 15.9 Å². The van der Waals surface area contributed by atoms with Crippen molar-refractivity contribution in [2.24, 2.45) is 7.05 Å². The largest absolute Gasteiger partial charge is 0.371 e. The maximum absolute atomic E-state index is 5.42. The first-order chi connectivity index (χ1) is 5.59. The van der Waals surface area contributed by atoms with Gasteiger partial charge >= 0.3 is 0 Å². The molecule has 0 atom stereocenters. The maximum atomic E-state index is 5.42. The van der Waals surface area contributed by atoms with Crippen molar-refractivity contribution in [1.29, 1.82) is 0 Å². The van der Waals surface area contributed by atoms with Gasteiger partial charge in [0.25, 0.3) is 0 Å². The van der Waals surface area contributed by atoms with Crippen LogP contribution in [0.15, 0.2) is 10.8 Å². The molecule has 0 fully saturated rings. The Morgan fingerprint density at radius 2 is 2.33 bits per heavy atom. The molecule has 4 heteroatoms. The molecule has 0 N–H and O–H groups in total. The highest BCUT2D eigenvalue weighted by atomic mass is 79.9. The summed E-state index contributed by atoms with van der Waals surface area (Å²) >= 11 is 3.30. The Hall–Kier alpha value is -0.350. The molecule has 1 aromatic rings. The lowest BCUT2D eigenvalue weighted by Crippen LogP contribution is -2.06. The van der Waals surface area contributed by atoms with Crippen LogP contribution in [0.25, 0.3) is 0 Å². The van der Waals surface area contributed by atoms with E-state index in [0.717, 1.165) is 10.4 Å². The van der Waals surface area contributed by atoms with Crippen LogP contribution < -0.4 is 0 Å². The van der Waals surface area contributed by atoms with Gasteiger partial charge in [0, 0.05) is 13.2 Å². The summed E-state index contributed by atoms with van der Waals surface area (Å²) in [6.45, 7) is 4.59. The molecule has 0 bridgehead atoms. The Morgan fingerprint density at radius 3 is 2.75 bits per heavy atom. The van der Waals surface area contributed by atoms with Gasteiger partial charge < -0.3 is 9.30 Å². The molecule has 0 aliphatic rings. The Bertz CT molecular complexity index is 258. The summed E-state index contributed by atoms with van der Waals surface area (Å²) in [5.74, 6) is 0.940. The predicted octanol–water partition coefficient (Wildman–Crippen LogP) is 2.11. The van der Waals surface area contributed by atoms with Gasteiger partial charge in [0.2, 0.25) is 0 Å². The Kier molecular flexibility index (Phi) is 3.29. The molecule has 0 radical (unpaired) electrons. The number of ether oxygens (including phenoxy) is 1. The predicted molar refractivity (Wildman–Crippen MR) is 50.8 cm³/mol. The summed E-state index contributed by atoms with van der Waals surface area (Å²) in [6, 6.07) is 0. The van der Waals surface area contributed by atoms with Gasteiger partial charge in [-0.15, -0.1) is 0 Å². The zero-order valence-electron chi connectivity index (χ0n) is 7.54. The first-order valence-electron chi connectivity index (χ1n) is 3.89. The van der Waals surface area contributed by atoms with E-state index in [4.69, 9.17) is 4.74 Å². The van der Waals surface area contributed by atoms with Crippen LogP contribution in [0.3, 0.4) is 0 Å². The Labute approximate surface area is 80.9 Å². The highest BCUT2D eigenvalue weighted by Gasteiger charge is 2.03. The van der Waals surface area contributed by atoms with Gasteiger partial charge in [0.15, 0.2) is 0 Å². The second kappa shape index (κ2) is 4.05. The number of imidazole rings is 1. The second-order valence-electron chi connectivity index (χ2n) is 2.95. The van der Waals surface area contributed by atoms with Gasteiger partial charge in [-0.25, -0.2) is 4.98 Å². The van der Waals surface area contributed by atoms with E-state index in [2.05, 4.69) is 20.9 Å². The molecule has 0 aliphatic heterocycles. The van der Waals surface area contributed by atoms with Crippen molar-refractivity contribution in [2.75, 3.05) is 0 Å². The minimum atomic E-state index is 0.250. The number of aryl methyl sites for hydroxylation is 1. The topological polar surface area (TPSA) is 27.1 Å². The van der Waals surface area contributed by atoms with E-state index in [9.17, 15) is 0 Å². The van der Waals surface area contributed by atoms with E-state index in [1.165, 1.54) is 0 Å². The fourth-order valence-electron chi connectivity index (χ4n) is 0.841. The van der Waals surface area contributed by atoms with E-state index in [0.29, 0.717) is 6.61 Å². The van der Waals surface area contributed by atoms with Gasteiger partial charge in [-0.1, -0.05) is 0 Å². The summed E-state index contributed by atoms with van der Waals surface area (Å²) in [5, 5.41) is 0. The lowest BCUT2D eigenvalue weighted by Gasteiger charge is -2.06. The van der Waals surface area contributed by atoms with Gasteiger partial charge in [0.05, 0.1) is 6.10 Å². The molecule has 68 valence electrons. The summed E-state index contributed by atoms with van der Waals surface area (Å²) in [7, 11) is 1.96. The summed E-state index contributed by atoms with van der Waals surface area (Å²) in [6.07, 6.45) is 2.17. The smallest absolute Gasteiger partial charge is 0.135 e. The van der Waals surface area contributed by atoms with E-state index >= 15 is 0 Å². The highest BCUT2D eigenvalue weighted by molar-refractivity contribution is 9.10. The first-order valence-corrected chi connectivity index (χ1v) is 4.68. The van der Waals surface area contributed by atoms with E-state index in [-0.39, 0.29) is 6.10 Å². The van der Waals surface area contributed by atoms with Crippen molar-refractivity contribution in [1.82, 2.24) is 9.55 Å². The summed E-state index contributed by atoms with van der Waals surface area (Å²) in [4.78, 5) is 4.24. The fourth-order valence-corrected chi connectivity index (χ4v) is 1.35. The first kappa shape index (κ1) is 9.74. The third-order valence-electron chi connectivity index (χ3n) is 1.49.